The Bertz CT molecular complexity index is 703. The van der Waals surface area contributed by atoms with Crippen LogP contribution >= 0.6 is 0 Å². The van der Waals surface area contributed by atoms with Crippen molar-refractivity contribution in [2.24, 2.45) is 17.3 Å². The van der Waals surface area contributed by atoms with Crippen molar-refractivity contribution in [2.75, 3.05) is 0 Å². The van der Waals surface area contributed by atoms with Crippen molar-refractivity contribution in [3.05, 3.63) is 24.0 Å². The Balaban J connectivity index is 2.50. The molecule has 2 rings (SSSR count). The Kier molecular flexibility index (Phi) is 21.9. The van der Waals surface area contributed by atoms with Crippen LogP contribution in [-0.4, -0.2) is 5.60 Å². The maximum atomic E-state index is 7.66. The first kappa shape index (κ1) is 39.5. The monoisotopic (exact) mass is 613 g/mol. The van der Waals surface area contributed by atoms with Gasteiger partial charge < -0.3 is 4.74 Å². The molecule has 0 saturated carbocycles. The first-order valence-corrected chi connectivity index (χ1v) is 20.7. The third-order valence-corrected chi connectivity index (χ3v) is 11.7. The first-order valence-electron chi connectivity index (χ1n) is 20.7. The van der Waals surface area contributed by atoms with Crippen LogP contribution in [0.5, 0.6) is 0 Å². The minimum Gasteiger partial charge on any atom is -0.490 e. The Morgan fingerprint density at radius 3 is 1.30 bits per heavy atom. The third kappa shape index (κ3) is 12.8. The van der Waals surface area contributed by atoms with Crippen LogP contribution in [0.4, 0.5) is 0 Å². The van der Waals surface area contributed by atoms with Crippen LogP contribution in [0.3, 0.4) is 0 Å². The highest BCUT2D eigenvalue weighted by Crippen LogP contribution is 2.63. The summed E-state index contributed by atoms with van der Waals surface area (Å²) in [4.78, 5) is 0. The Morgan fingerprint density at radius 1 is 0.477 bits per heavy atom. The average Bonchev–Trinajstić information content (AvgIpc) is 3.49. The molecule has 0 aromatic heterocycles. The summed E-state index contributed by atoms with van der Waals surface area (Å²) in [5.41, 5.74) is 0.353. The van der Waals surface area contributed by atoms with Crippen LogP contribution in [0.1, 0.15) is 227 Å². The zero-order valence-electron chi connectivity index (χ0n) is 31.0. The zero-order chi connectivity index (χ0) is 31.8. The number of hydrogen-bond donors (Lipinski definition) is 0. The minimum absolute atomic E-state index is 0.0311. The van der Waals surface area contributed by atoms with E-state index in [1.807, 2.05) is 0 Å². The lowest BCUT2D eigenvalue weighted by Crippen LogP contribution is -2.59. The molecule has 1 heterocycles. The van der Waals surface area contributed by atoms with Crippen molar-refractivity contribution in [1.82, 2.24) is 0 Å². The van der Waals surface area contributed by atoms with Crippen LogP contribution < -0.4 is 0 Å². The molecule has 0 amide bonds. The van der Waals surface area contributed by atoms with Crippen molar-refractivity contribution in [2.45, 2.75) is 233 Å². The first-order chi connectivity index (χ1) is 21.6. The van der Waals surface area contributed by atoms with Crippen LogP contribution in [0.15, 0.2) is 24.0 Å². The number of rotatable bonds is 30. The van der Waals surface area contributed by atoms with Gasteiger partial charge in [-0.05, 0) is 56.9 Å². The molecule has 1 aliphatic carbocycles. The lowest BCUT2D eigenvalue weighted by molar-refractivity contribution is -0.200. The topological polar surface area (TPSA) is 9.23 Å². The minimum atomic E-state index is 0.0311. The molecule has 2 atom stereocenters. The molecule has 0 aromatic carbocycles. The fraction of sp³-hybridized carbons (Fsp3) is 0.907. The molecule has 0 aromatic rings. The van der Waals surface area contributed by atoms with E-state index in [1.54, 1.807) is 0 Å². The molecule has 1 aliphatic heterocycles. The van der Waals surface area contributed by atoms with E-state index in [9.17, 15) is 0 Å². The Morgan fingerprint density at radius 2 is 0.864 bits per heavy atom. The maximum Gasteiger partial charge on any atom is 0.114 e. The van der Waals surface area contributed by atoms with Crippen molar-refractivity contribution < 1.29 is 4.74 Å². The summed E-state index contributed by atoms with van der Waals surface area (Å²) < 4.78 is 7.66. The molecule has 258 valence electrons. The van der Waals surface area contributed by atoms with E-state index in [-0.39, 0.29) is 5.60 Å². The number of ether oxygens (including phenoxy) is 1. The highest BCUT2D eigenvalue weighted by molar-refractivity contribution is 5.30. The SMILES string of the molecule is CCCCCCCC1C2C=CC=C2OC(CCCCCCC)(CCCCCCC)C1(CCCCCCC)CCCCCCC. The molecule has 44 heavy (non-hydrogen) atoms. The zero-order valence-corrected chi connectivity index (χ0v) is 31.0. The van der Waals surface area contributed by atoms with Gasteiger partial charge in [-0.25, -0.2) is 0 Å². The van der Waals surface area contributed by atoms with E-state index in [2.05, 4.69) is 52.8 Å². The predicted molar refractivity (Wildman–Crippen MR) is 197 cm³/mol. The van der Waals surface area contributed by atoms with Crippen molar-refractivity contribution in [1.29, 1.82) is 0 Å². The molecule has 1 heteroatoms. The van der Waals surface area contributed by atoms with Crippen LogP contribution in [-0.2, 0) is 4.74 Å². The third-order valence-electron chi connectivity index (χ3n) is 11.7. The highest BCUT2D eigenvalue weighted by atomic mass is 16.5. The van der Waals surface area contributed by atoms with E-state index < -0.39 is 0 Å². The maximum absolute atomic E-state index is 7.66. The van der Waals surface area contributed by atoms with Crippen LogP contribution in [0.25, 0.3) is 0 Å². The Hall–Kier alpha value is -0.720. The molecule has 1 nitrogen and oxygen atoms in total. The summed E-state index contributed by atoms with van der Waals surface area (Å²) >= 11 is 0. The fourth-order valence-corrected chi connectivity index (χ4v) is 9.14. The molecule has 0 N–H and O–H groups in total. The second-order valence-corrected chi connectivity index (χ2v) is 15.2. The standard InChI is InChI=1S/C43H80O/c1-6-11-16-21-26-33-40-39-32-31-34-41(39)44-43(37-29-24-19-14-9-4,38-30-25-20-15-10-5)42(40,35-27-22-17-12-7-2)36-28-23-18-13-8-3/h31-32,34,39-40H,6-30,33,35-38H2,1-5H3. The molecule has 0 bridgehead atoms. The number of unbranched alkanes of at least 4 members (excludes halogenated alkanes) is 20. The summed E-state index contributed by atoms with van der Waals surface area (Å²) in [5, 5.41) is 0. The fourth-order valence-electron chi connectivity index (χ4n) is 9.14. The van der Waals surface area contributed by atoms with Gasteiger partial charge in [0.05, 0.1) is 0 Å². The van der Waals surface area contributed by atoms with E-state index in [0.29, 0.717) is 11.3 Å². The van der Waals surface area contributed by atoms with Gasteiger partial charge >= 0.3 is 0 Å². The van der Waals surface area contributed by atoms with Crippen LogP contribution in [0.2, 0.25) is 0 Å². The molecule has 0 radical (unpaired) electrons. The van der Waals surface area contributed by atoms with Gasteiger partial charge in [-0.2, -0.15) is 0 Å². The lowest BCUT2D eigenvalue weighted by atomic mass is 9.51. The van der Waals surface area contributed by atoms with Crippen molar-refractivity contribution >= 4 is 0 Å². The number of hydrogen-bond acceptors (Lipinski definition) is 1. The summed E-state index contributed by atoms with van der Waals surface area (Å²) in [5.74, 6) is 2.64. The van der Waals surface area contributed by atoms with E-state index in [4.69, 9.17) is 4.74 Å². The molecule has 2 aliphatic rings. The highest BCUT2D eigenvalue weighted by Gasteiger charge is 2.61. The summed E-state index contributed by atoms with van der Waals surface area (Å²) in [7, 11) is 0. The molecule has 1 fully saturated rings. The lowest BCUT2D eigenvalue weighted by Gasteiger charge is -2.61. The van der Waals surface area contributed by atoms with Gasteiger partial charge in [0.1, 0.15) is 11.4 Å². The normalized spacial score (nSPS) is 20.1. The van der Waals surface area contributed by atoms with Gasteiger partial charge in [0.25, 0.3) is 0 Å². The molecule has 1 saturated heterocycles. The van der Waals surface area contributed by atoms with Gasteiger partial charge in [-0.3, -0.25) is 0 Å². The van der Waals surface area contributed by atoms with Crippen molar-refractivity contribution in [3.8, 4) is 0 Å². The van der Waals surface area contributed by atoms with Crippen molar-refractivity contribution in [3.63, 3.8) is 0 Å². The second kappa shape index (κ2) is 24.5. The quantitative estimate of drug-likeness (QED) is 0.0733. The largest absolute Gasteiger partial charge is 0.490 e. The predicted octanol–water partition coefficient (Wildman–Crippen LogP) is 15.2. The molecule has 0 spiro atoms. The van der Waals surface area contributed by atoms with E-state index in [1.165, 1.54) is 198 Å². The average molecular weight is 613 g/mol. The molecular weight excluding hydrogens is 532 g/mol. The molecular formula is C43H80O. The van der Waals surface area contributed by atoms with Gasteiger partial charge in [-0.15, -0.1) is 0 Å². The van der Waals surface area contributed by atoms with Gasteiger partial charge in [0, 0.05) is 11.3 Å². The summed E-state index contributed by atoms with van der Waals surface area (Å²) in [6, 6.07) is 0. The van der Waals surface area contributed by atoms with E-state index >= 15 is 0 Å². The van der Waals surface area contributed by atoms with Gasteiger partial charge in [0.15, 0.2) is 0 Å². The summed E-state index contributed by atoms with van der Waals surface area (Å²) in [6.45, 7) is 11.8. The smallest absolute Gasteiger partial charge is 0.114 e. The van der Waals surface area contributed by atoms with E-state index in [0.717, 1.165) is 5.92 Å². The molecule has 2 unspecified atom stereocenters. The van der Waals surface area contributed by atoms with Gasteiger partial charge in [0.2, 0.25) is 0 Å². The number of allylic oxidation sites excluding steroid dienone is 3. The van der Waals surface area contributed by atoms with Crippen LogP contribution in [0, 0.1) is 17.3 Å². The Labute approximate surface area is 278 Å². The second-order valence-electron chi connectivity index (χ2n) is 15.2. The summed E-state index contributed by atoms with van der Waals surface area (Å²) in [6.07, 6.45) is 48.9. The number of fused-ring (bicyclic) bond motifs is 1. The van der Waals surface area contributed by atoms with Gasteiger partial charge in [-0.1, -0.05) is 194 Å².